The molecule has 5 nitrogen and oxygen atoms in total. The van der Waals surface area contributed by atoms with Gasteiger partial charge in [0.25, 0.3) is 0 Å². The molecule has 1 saturated heterocycles. The van der Waals surface area contributed by atoms with E-state index in [0.717, 1.165) is 38.3 Å². The zero-order valence-corrected chi connectivity index (χ0v) is 14.3. The number of aliphatic imine (C=N–C) groups is 1. The second-order valence-electron chi connectivity index (χ2n) is 5.89. The van der Waals surface area contributed by atoms with Gasteiger partial charge in [0, 0.05) is 39.6 Å². The SMILES string of the molecule is CCCCNC(=NC)NCc1ccccc1CN1CCCC1=O. The summed E-state index contributed by atoms with van der Waals surface area (Å²) in [7, 11) is 1.79. The highest BCUT2D eigenvalue weighted by Gasteiger charge is 2.20. The van der Waals surface area contributed by atoms with Crippen LogP contribution in [0.2, 0.25) is 0 Å². The fraction of sp³-hybridized carbons (Fsp3) is 0.556. The lowest BCUT2D eigenvalue weighted by molar-refractivity contribution is -0.128. The molecule has 0 saturated carbocycles. The summed E-state index contributed by atoms with van der Waals surface area (Å²) in [4.78, 5) is 18.0. The van der Waals surface area contributed by atoms with Crippen molar-refractivity contribution in [1.29, 1.82) is 0 Å². The summed E-state index contributed by atoms with van der Waals surface area (Å²) in [5.41, 5.74) is 2.42. The molecule has 1 amide bonds. The van der Waals surface area contributed by atoms with Gasteiger partial charge in [-0.05, 0) is 24.0 Å². The van der Waals surface area contributed by atoms with Gasteiger partial charge in [-0.25, -0.2) is 0 Å². The molecular weight excluding hydrogens is 288 g/mol. The minimum atomic E-state index is 0.268. The van der Waals surface area contributed by atoms with Crippen LogP contribution < -0.4 is 10.6 Å². The number of nitrogens with zero attached hydrogens (tertiary/aromatic N) is 2. The Hall–Kier alpha value is -2.04. The molecule has 0 aromatic heterocycles. The van der Waals surface area contributed by atoms with E-state index in [1.54, 1.807) is 7.05 Å². The lowest BCUT2D eigenvalue weighted by Crippen LogP contribution is -2.37. The van der Waals surface area contributed by atoms with E-state index < -0.39 is 0 Å². The van der Waals surface area contributed by atoms with Crippen LogP contribution >= 0.6 is 0 Å². The van der Waals surface area contributed by atoms with Gasteiger partial charge in [0.05, 0.1) is 0 Å². The maximum absolute atomic E-state index is 11.8. The summed E-state index contributed by atoms with van der Waals surface area (Å²) in [6.45, 7) is 5.40. The number of benzene rings is 1. The Balaban J connectivity index is 1.93. The van der Waals surface area contributed by atoms with Crippen molar-refractivity contribution < 1.29 is 4.79 Å². The van der Waals surface area contributed by atoms with Crippen molar-refractivity contribution in [2.45, 2.75) is 45.7 Å². The lowest BCUT2D eigenvalue weighted by Gasteiger charge is -2.19. The van der Waals surface area contributed by atoms with Crippen LogP contribution in [-0.2, 0) is 17.9 Å². The van der Waals surface area contributed by atoms with E-state index in [1.807, 2.05) is 17.0 Å². The van der Waals surface area contributed by atoms with Crippen molar-refractivity contribution >= 4 is 11.9 Å². The molecule has 0 unspecified atom stereocenters. The summed E-state index contributed by atoms with van der Waals surface area (Å²) in [5.74, 6) is 1.09. The summed E-state index contributed by atoms with van der Waals surface area (Å²) in [6, 6.07) is 8.30. The van der Waals surface area contributed by atoms with Gasteiger partial charge in [-0.15, -0.1) is 0 Å². The Morgan fingerprint density at radius 1 is 1.26 bits per heavy atom. The smallest absolute Gasteiger partial charge is 0.222 e. The van der Waals surface area contributed by atoms with Crippen molar-refractivity contribution in [3.05, 3.63) is 35.4 Å². The first-order chi connectivity index (χ1) is 11.2. The summed E-state index contributed by atoms with van der Waals surface area (Å²) < 4.78 is 0. The van der Waals surface area contributed by atoms with Crippen molar-refractivity contribution in [3.8, 4) is 0 Å². The second kappa shape index (κ2) is 9.18. The first kappa shape index (κ1) is 17.3. The van der Waals surface area contributed by atoms with E-state index >= 15 is 0 Å². The van der Waals surface area contributed by atoms with Crippen LogP contribution in [0.1, 0.15) is 43.7 Å². The highest BCUT2D eigenvalue weighted by molar-refractivity contribution is 5.79. The maximum Gasteiger partial charge on any atom is 0.222 e. The van der Waals surface area contributed by atoms with E-state index in [4.69, 9.17) is 0 Å². The first-order valence-corrected chi connectivity index (χ1v) is 8.53. The number of hydrogen-bond donors (Lipinski definition) is 2. The maximum atomic E-state index is 11.8. The van der Waals surface area contributed by atoms with Crippen LogP contribution in [-0.4, -0.2) is 36.9 Å². The van der Waals surface area contributed by atoms with Crippen molar-refractivity contribution in [2.75, 3.05) is 20.1 Å². The van der Waals surface area contributed by atoms with Crippen LogP contribution in [0, 0.1) is 0 Å². The zero-order chi connectivity index (χ0) is 16.5. The molecule has 1 aromatic rings. The van der Waals surface area contributed by atoms with Crippen LogP contribution in [0.5, 0.6) is 0 Å². The number of carbonyl (C=O) groups excluding carboxylic acids is 1. The quantitative estimate of drug-likeness (QED) is 0.461. The van der Waals surface area contributed by atoms with Gasteiger partial charge in [0.1, 0.15) is 0 Å². The van der Waals surface area contributed by atoms with Gasteiger partial charge in [-0.2, -0.15) is 0 Å². The Morgan fingerprint density at radius 2 is 2.04 bits per heavy atom. The van der Waals surface area contributed by atoms with Crippen molar-refractivity contribution in [1.82, 2.24) is 15.5 Å². The van der Waals surface area contributed by atoms with Crippen LogP contribution in [0.15, 0.2) is 29.3 Å². The minimum Gasteiger partial charge on any atom is -0.356 e. The number of amides is 1. The Bertz CT molecular complexity index is 542. The Labute approximate surface area is 139 Å². The largest absolute Gasteiger partial charge is 0.356 e. The van der Waals surface area contributed by atoms with Crippen LogP contribution in [0.4, 0.5) is 0 Å². The second-order valence-corrected chi connectivity index (χ2v) is 5.89. The van der Waals surface area contributed by atoms with E-state index in [1.165, 1.54) is 11.1 Å². The fourth-order valence-corrected chi connectivity index (χ4v) is 2.74. The third-order valence-electron chi connectivity index (χ3n) is 4.14. The average Bonchev–Trinajstić information content (AvgIpc) is 2.97. The third kappa shape index (κ3) is 5.27. The fourth-order valence-electron chi connectivity index (χ4n) is 2.74. The summed E-state index contributed by atoms with van der Waals surface area (Å²) in [6.07, 6.45) is 3.96. The number of hydrogen-bond acceptors (Lipinski definition) is 2. The lowest BCUT2D eigenvalue weighted by atomic mass is 10.1. The van der Waals surface area contributed by atoms with E-state index in [2.05, 4.69) is 34.7 Å². The molecule has 1 aromatic carbocycles. The standard InChI is InChI=1S/C18H28N4O/c1-3-4-11-20-18(19-2)21-13-15-8-5-6-9-16(15)14-22-12-7-10-17(22)23/h5-6,8-9H,3-4,7,10-14H2,1-2H3,(H2,19,20,21). The van der Waals surface area contributed by atoms with E-state index in [9.17, 15) is 4.79 Å². The highest BCUT2D eigenvalue weighted by atomic mass is 16.2. The summed E-state index contributed by atoms with van der Waals surface area (Å²) in [5, 5.41) is 6.67. The predicted octanol–water partition coefficient (Wildman–Crippen LogP) is 2.27. The molecule has 0 aliphatic carbocycles. The van der Waals surface area contributed by atoms with E-state index in [-0.39, 0.29) is 5.91 Å². The molecule has 1 heterocycles. The predicted molar refractivity (Wildman–Crippen MR) is 94.2 cm³/mol. The molecule has 0 radical (unpaired) electrons. The third-order valence-corrected chi connectivity index (χ3v) is 4.14. The molecule has 0 bridgehead atoms. The monoisotopic (exact) mass is 316 g/mol. The number of nitrogens with one attached hydrogen (secondary N) is 2. The average molecular weight is 316 g/mol. The Kier molecular flexibility index (Phi) is 6.91. The molecule has 2 rings (SSSR count). The van der Waals surface area contributed by atoms with Gasteiger partial charge in [-0.3, -0.25) is 9.79 Å². The molecule has 5 heteroatoms. The molecule has 1 fully saturated rings. The van der Waals surface area contributed by atoms with Gasteiger partial charge < -0.3 is 15.5 Å². The topological polar surface area (TPSA) is 56.7 Å². The number of carbonyl (C=O) groups is 1. The molecule has 0 atom stereocenters. The summed E-state index contributed by atoms with van der Waals surface area (Å²) >= 11 is 0. The number of rotatable bonds is 7. The molecular formula is C18H28N4O. The number of likely N-dealkylation sites (tertiary alicyclic amines) is 1. The first-order valence-electron chi connectivity index (χ1n) is 8.53. The van der Waals surface area contributed by atoms with Gasteiger partial charge >= 0.3 is 0 Å². The van der Waals surface area contributed by atoms with Crippen LogP contribution in [0.3, 0.4) is 0 Å². The van der Waals surface area contributed by atoms with Crippen LogP contribution in [0.25, 0.3) is 0 Å². The molecule has 1 aliphatic rings. The Morgan fingerprint density at radius 3 is 2.70 bits per heavy atom. The highest BCUT2D eigenvalue weighted by Crippen LogP contribution is 2.17. The molecule has 0 spiro atoms. The zero-order valence-electron chi connectivity index (χ0n) is 14.3. The van der Waals surface area contributed by atoms with Gasteiger partial charge in [0.2, 0.25) is 5.91 Å². The van der Waals surface area contributed by atoms with Crippen molar-refractivity contribution in [2.24, 2.45) is 4.99 Å². The molecule has 126 valence electrons. The molecule has 23 heavy (non-hydrogen) atoms. The number of unbranched alkanes of at least 4 members (excludes halogenated alkanes) is 1. The minimum absolute atomic E-state index is 0.268. The molecule has 2 N–H and O–H groups in total. The number of guanidine groups is 1. The normalized spacial score (nSPS) is 15.1. The van der Waals surface area contributed by atoms with E-state index in [0.29, 0.717) is 19.5 Å². The van der Waals surface area contributed by atoms with Crippen molar-refractivity contribution in [3.63, 3.8) is 0 Å². The molecule has 1 aliphatic heterocycles. The van der Waals surface area contributed by atoms with Gasteiger partial charge in [-0.1, -0.05) is 37.6 Å². The van der Waals surface area contributed by atoms with Gasteiger partial charge in [0.15, 0.2) is 5.96 Å².